The van der Waals surface area contributed by atoms with Gasteiger partial charge in [-0.25, -0.2) is 14.6 Å². The van der Waals surface area contributed by atoms with Crippen molar-refractivity contribution in [3.8, 4) is 11.9 Å². The maximum Gasteiger partial charge on any atom is 0.159 e. The molecule has 1 saturated carbocycles. The number of rotatable bonds is 4. The van der Waals surface area contributed by atoms with Crippen LogP contribution in [0.5, 0.6) is 0 Å². The van der Waals surface area contributed by atoms with Crippen LogP contribution in [-0.2, 0) is 4.74 Å². The summed E-state index contributed by atoms with van der Waals surface area (Å²) in [7, 11) is 0. The van der Waals surface area contributed by atoms with Crippen LogP contribution >= 0.6 is 0 Å². The third-order valence-electron chi connectivity index (χ3n) is 8.50. The van der Waals surface area contributed by atoms with Crippen LogP contribution in [0.1, 0.15) is 39.5 Å². The standard InChI is InChI=1S/C25H31N7O/c1-18-13-30(8-9-31(18)20-14-33-15-20)22-10-23(28-17-27-22)32-21-11-24(2,7-4-19(21)12-29-32)25(16-26)5-3-6-25/h4,10-12,17-18,20H,3,5-9,13-15H2,1-2H3/t18-,24?/m0/s1. The number of hydrogen-bond donors (Lipinski definition) is 0. The second kappa shape index (κ2) is 7.64. The van der Waals surface area contributed by atoms with E-state index in [1.807, 2.05) is 16.9 Å². The van der Waals surface area contributed by atoms with Gasteiger partial charge in [-0.15, -0.1) is 0 Å². The summed E-state index contributed by atoms with van der Waals surface area (Å²) in [6.07, 6.45) is 12.0. The quantitative estimate of drug-likeness (QED) is 0.700. The van der Waals surface area contributed by atoms with Gasteiger partial charge in [0.1, 0.15) is 12.1 Å². The molecule has 2 aliphatic carbocycles. The Labute approximate surface area is 194 Å². The molecule has 0 radical (unpaired) electrons. The van der Waals surface area contributed by atoms with E-state index < -0.39 is 0 Å². The van der Waals surface area contributed by atoms with Crippen molar-refractivity contribution in [1.29, 1.82) is 5.26 Å². The minimum Gasteiger partial charge on any atom is -0.378 e. The highest BCUT2D eigenvalue weighted by Gasteiger charge is 2.51. The predicted molar refractivity (Wildman–Crippen MR) is 125 cm³/mol. The van der Waals surface area contributed by atoms with Crippen molar-refractivity contribution in [2.75, 3.05) is 37.7 Å². The fourth-order valence-corrected chi connectivity index (χ4v) is 5.97. The molecule has 0 bridgehead atoms. The lowest BCUT2D eigenvalue weighted by Crippen LogP contribution is -2.60. The Balaban J connectivity index is 1.30. The molecule has 2 atom stereocenters. The summed E-state index contributed by atoms with van der Waals surface area (Å²) < 4.78 is 7.32. The average Bonchev–Trinajstić information content (AvgIpc) is 3.16. The van der Waals surface area contributed by atoms with Gasteiger partial charge in [-0.2, -0.15) is 10.4 Å². The van der Waals surface area contributed by atoms with Crippen LogP contribution in [-0.4, -0.2) is 69.6 Å². The third kappa shape index (κ3) is 3.21. The fraction of sp³-hybridized carbons (Fsp3) is 0.600. The number of ether oxygens (including phenoxy) is 1. The highest BCUT2D eigenvalue weighted by atomic mass is 16.5. The zero-order valence-corrected chi connectivity index (χ0v) is 19.4. The highest BCUT2D eigenvalue weighted by molar-refractivity contribution is 5.49. The van der Waals surface area contributed by atoms with Crippen molar-refractivity contribution in [2.45, 2.75) is 51.6 Å². The van der Waals surface area contributed by atoms with Gasteiger partial charge in [-0.05, 0) is 26.2 Å². The van der Waals surface area contributed by atoms with Gasteiger partial charge in [0, 0.05) is 42.4 Å². The Kier molecular flexibility index (Phi) is 4.82. The molecule has 172 valence electrons. The van der Waals surface area contributed by atoms with Gasteiger partial charge >= 0.3 is 0 Å². The summed E-state index contributed by atoms with van der Waals surface area (Å²) in [4.78, 5) is 14.1. The first-order valence-corrected chi connectivity index (χ1v) is 12.1. The smallest absolute Gasteiger partial charge is 0.159 e. The van der Waals surface area contributed by atoms with Crippen molar-refractivity contribution < 1.29 is 4.74 Å². The number of piperazine rings is 1. The fourth-order valence-electron chi connectivity index (χ4n) is 5.97. The van der Waals surface area contributed by atoms with Gasteiger partial charge in [0.15, 0.2) is 5.82 Å². The van der Waals surface area contributed by atoms with Crippen molar-refractivity contribution >= 4 is 18.0 Å². The van der Waals surface area contributed by atoms with E-state index in [2.05, 4.69) is 56.9 Å². The molecule has 2 aromatic heterocycles. The summed E-state index contributed by atoms with van der Waals surface area (Å²) in [6.45, 7) is 9.12. The minimum absolute atomic E-state index is 0.183. The molecule has 0 spiro atoms. The van der Waals surface area contributed by atoms with Crippen LogP contribution in [0.3, 0.4) is 0 Å². The molecule has 0 N–H and O–H groups in total. The van der Waals surface area contributed by atoms with Gasteiger partial charge < -0.3 is 9.64 Å². The molecule has 2 aromatic rings. The van der Waals surface area contributed by atoms with E-state index >= 15 is 0 Å². The van der Waals surface area contributed by atoms with E-state index in [0.717, 1.165) is 80.7 Å². The van der Waals surface area contributed by atoms with Crippen molar-refractivity contribution in [1.82, 2.24) is 24.6 Å². The molecular weight excluding hydrogens is 414 g/mol. The Morgan fingerprint density at radius 1 is 1.18 bits per heavy atom. The summed E-state index contributed by atoms with van der Waals surface area (Å²) in [5.74, 6) is 1.72. The molecule has 4 heterocycles. The Bertz CT molecular complexity index is 1220. The molecule has 0 aromatic carbocycles. The molecule has 4 aliphatic rings. The van der Waals surface area contributed by atoms with Gasteiger partial charge in [-0.1, -0.05) is 25.5 Å². The van der Waals surface area contributed by atoms with E-state index in [-0.39, 0.29) is 10.8 Å². The predicted octanol–water partition coefficient (Wildman–Crippen LogP) is 1.24. The molecule has 3 fully saturated rings. The van der Waals surface area contributed by atoms with Crippen LogP contribution in [0.4, 0.5) is 5.82 Å². The summed E-state index contributed by atoms with van der Waals surface area (Å²) in [5.41, 5.74) is -0.452. The summed E-state index contributed by atoms with van der Waals surface area (Å²) in [5, 5.41) is 16.8. The molecular formula is C25H31N7O. The number of aromatic nitrogens is 4. The SMILES string of the molecule is C[C@H]1CN(c2cc(-n3ncc4c3=CC(C)(C3(C#N)CCC3)CC=4)ncn2)CCN1C1COC1. The summed E-state index contributed by atoms with van der Waals surface area (Å²) in [6, 6.07) is 5.72. The van der Waals surface area contributed by atoms with Crippen LogP contribution < -0.4 is 15.5 Å². The first-order chi connectivity index (χ1) is 16.0. The molecule has 6 rings (SSSR count). The van der Waals surface area contributed by atoms with E-state index in [0.29, 0.717) is 12.1 Å². The first kappa shape index (κ1) is 20.8. The van der Waals surface area contributed by atoms with Gasteiger partial charge in [0.05, 0.1) is 42.3 Å². The monoisotopic (exact) mass is 445 g/mol. The second-order valence-electron chi connectivity index (χ2n) is 10.4. The Hall–Kier alpha value is -2.76. The lowest BCUT2D eigenvalue weighted by molar-refractivity contribution is -0.0793. The molecule has 8 nitrogen and oxygen atoms in total. The topological polar surface area (TPSA) is 83.1 Å². The molecule has 33 heavy (non-hydrogen) atoms. The Morgan fingerprint density at radius 3 is 2.67 bits per heavy atom. The highest BCUT2D eigenvalue weighted by Crippen LogP contribution is 2.56. The Morgan fingerprint density at radius 2 is 2.00 bits per heavy atom. The van der Waals surface area contributed by atoms with Gasteiger partial charge in [0.25, 0.3) is 0 Å². The average molecular weight is 446 g/mol. The molecule has 2 saturated heterocycles. The third-order valence-corrected chi connectivity index (χ3v) is 8.50. The zero-order valence-electron chi connectivity index (χ0n) is 19.4. The normalized spacial score (nSPS) is 29.1. The zero-order chi connectivity index (χ0) is 22.6. The minimum atomic E-state index is -0.269. The van der Waals surface area contributed by atoms with E-state index in [1.165, 1.54) is 0 Å². The van der Waals surface area contributed by atoms with Crippen LogP contribution in [0, 0.1) is 22.2 Å². The number of nitrogens with zero attached hydrogens (tertiary/aromatic N) is 7. The van der Waals surface area contributed by atoms with E-state index in [1.54, 1.807) is 6.33 Å². The van der Waals surface area contributed by atoms with E-state index in [4.69, 9.17) is 4.74 Å². The maximum atomic E-state index is 9.97. The molecule has 2 aliphatic heterocycles. The van der Waals surface area contributed by atoms with Crippen molar-refractivity contribution in [3.05, 3.63) is 29.2 Å². The van der Waals surface area contributed by atoms with Crippen LogP contribution in [0.15, 0.2) is 18.6 Å². The number of hydrogen-bond acceptors (Lipinski definition) is 7. The van der Waals surface area contributed by atoms with Gasteiger partial charge in [-0.3, -0.25) is 4.90 Å². The number of anilines is 1. The molecule has 1 unspecified atom stereocenters. The van der Waals surface area contributed by atoms with Crippen molar-refractivity contribution in [3.63, 3.8) is 0 Å². The molecule has 0 amide bonds. The lowest BCUT2D eigenvalue weighted by Gasteiger charge is -2.48. The van der Waals surface area contributed by atoms with E-state index in [9.17, 15) is 5.26 Å². The van der Waals surface area contributed by atoms with Crippen LogP contribution in [0.25, 0.3) is 18.0 Å². The number of nitriles is 1. The van der Waals surface area contributed by atoms with Gasteiger partial charge in [0.2, 0.25) is 0 Å². The van der Waals surface area contributed by atoms with Crippen LogP contribution in [0.2, 0.25) is 0 Å². The maximum absolute atomic E-state index is 9.97. The summed E-state index contributed by atoms with van der Waals surface area (Å²) >= 11 is 0. The lowest BCUT2D eigenvalue weighted by atomic mass is 9.52. The van der Waals surface area contributed by atoms with Crippen molar-refractivity contribution in [2.24, 2.45) is 10.8 Å². The second-order valence-corrected chi connectivity index (χ2v) is 10.4. The first-order valence-electron chi connectivity index (χ1n) is 12.1. The number of fused-ring (bicyclic) bond motifs is 1. The molecule has 8 heteroatoms. The largest absolute Gasteiger partial charge is 0.378 e.